The third-order valence-corrected chi connectivity index (χ3v) is 15.9. The Balaban J connectivity index is 0.953. The van der Waals surface area contributed by atoms with Gasteiger partial charge in [0.05, 0.1) is 53.0 Å². The smallest absolute Gasteiger partial charge is 0.436 e. The van der Waals surface area contributed by atoms with Gasteiger partial charge in [-0.1, -0.05) is 49.2 Å². The molecular formula is C61H61F15N8O2. The van der Waals surface area contributed by atoms with E-state index in [4.69, 9.17) is 19.1 Å². The van der Waals surface area contributed by atoms with Crippen molar-refractivity contribution in [2.75, 3.05) is 47.5 Å². The lowest BCUT2D eigenvalue weighted by atomic mass is 10.0. The van der Waals surface area contributed by atoms with Crippen LogP contribution in [0.4, 0.5) is 83.5 Å². The molecule has 2 saturated carbocycles. The van der Waals surface area contributed by atoms with E-state index in [0.717, 1.165) is 36.0 Å². The van der Waals surface area contributed by atoms with Crippen LogP contribution in [0.5, 0.6) is 0 Å². The van der Waals surface area contributed by atoms with E-state index in [1.807, 2.05) is 49.1 Å². The van der Waals surface area contributed by atoms with E-state index in [2.05, 4.69) is 9.88 Å². The first-order valence-corrected chi connectivity index (χ1v) is 28.1. The van der Waals surface area contributed by atoms with Crippen molar-refractivity contribution < 1.29 is 75.0 Å². The number of para-hydroxylation sites is 2. The second-order valence-electron chi connectivity index (χ2n) is 22.1. The van der Waals surface area contributed by atoms with Gasteiger partial charge in [-0.2, -0.15) is 70.8 Å². The van der Waals surface area contributed by atoms with Gasteiger partial charge >= 0.3 is 30.9 Å². The number of ether oxygens (including phenoxy) is 1. The molecule has 462 valence electrons. The SMILES string of the molecule is CCN(CC1CCCC1)c1nc2ccccc2cc1CN(Cc1cc(C(F)(F)F)cc(C(F)(F)F)c1)C(=N)OCCC1CCC(CN(CC)c2nc3ccccc3cc2CN(Cc2cc(C(F)(F)F)cc(C(F)(F)F)c2)c2nc(C(F)(F)F)co2)C1. The summed E-state index contributed by atoms with van der Waals surface area (Å²) in [5.74, 6) is 1.27. The van der Waals surface area contributed by atoms with E-state index in [-0.39, 0.29) is 42.7 Å². The fraction of sp³-hybridized carbons (Fsp3) is 0.443. The van der Waals surface area contributed by atoms with E-state index >= 15 is 0 Å². The van der Waals surface area contributed by atoms with Gasteiger partial charge in [0.25, 0.3) is 12.0 Å². The first-order chi connectivity index (χ1) is 40.5. The van der Waals surface area contributed by atoms with Gasteiger partial charge in [-0.05, 0) is 142 Å². The number of nitrogens with zero attached hydrogens (tertiary/aromatic N) is 7. The standard InChI is InChI=1S/C61H61F15N8O2/c1-3-81(30-38-11-5-6-12-38)53-44(26-42-13-7-9-15-50(42)78-53)34-83(32-40-22-46(57(62,63)64)28-47(23-40)58(65,66)67)55(77)85-20-19-37-17-18-39(21-37)31-82(4-2)54-45(27-43-14-8-10-16-51(43)79-54)35-84(56-80-52(36-86-56)61(74,75)76)33-41-24-48(59(68,69)70)29-49(25-41)60(71,72)73/h7-10,13-16,22-29,36-39,77H,3-6,11-12,17-21,30-35H2,1-2H3. The molecule has 9 rings (SSSR count). The lowest BCUT2D eigenvalue weighted by Gasteiger charge is -2.31. The van der Waals surface area contributed by atoms with Crippen molar-refractivity contribution in [2.45, 2.75) is 122 Å². The highest BCUT2D eigenvalue weighted by Gasteiger charge is 2.40. The van der Waals surface area contributed by atoms with Crippen LogP contribution in [0.2, 0.25) is 0 Å². The highest BCUT2D eigenvalue weighted by Crippen LogP contribution is 2.42. The van der Waals surface area contributed by atoms with Crippen LogP contribution < -0.4 is 14.7 Å². The number of alkyl halides is 15. The zero-order valence-electron chi connectivity index (χ0n) is 46.7. The number of rotatable bonds is 20. The minimum absolute atomic E-state index is 0.00388. The van der Waals surface area contributed by atoms with Crippen molar-refractivity contribution >= 4 is 45.5 Å². The number of benzene rings is 4. The molecule has 2 unspecified atom stereocenters. The van der Waals surface area contributed by atoms with E-state index in [9.17, 15) is 71.3 Å². The van der Waals surface area contributed by atoms with E-state index in [1.165, 1.54) is 4.90 Å². The molecule has 2 fully saturated rings. The highest BCUT2D eigenvalue weighted by atomic mass is 19.4. The Kier molecular flexibility index (Phi) is 18.7. The van der Waals surface area contributed by atoms with Crippen molar-refractivity contribution in [1.29, 1.82) is 5.41 Å². The van der Waals surface area contributed by atoms with Gasteiger partial charge in [0, 0.05) is 61.2 Å². The Morgan fingerprint density at radius 3 is 1.47 bits per heavy atom. The molecule has 4 aromatic carbocycles. The quantitative estimate of drug-likeness (QED) is 0.0455. The number of aromatic nitrogens is 3. The molecule has 0 saturated heterocycles. The molecule has 10 nitrogen and oxygen atoms in total. The number of hydrogen-bond donors (Lipinski definition) is 1. The Hall–Kier alpha value is -7.47. The Morgan fingerprint density at radius 1 is 0.523 bits per heavy atom. The Labute approximate surface area is 485 Å². The van der Waals surface area contributed by atoms with Crippen LogP contribution in [0.3, 0.4) is 0 Å². The molecule has 2 atom stereocenters. The number of oxazole rings is 1. The molecular weight excluding hydrogens is 1160 g/mol. The molecule has 3 heterocycles. The van der Waals surface area contributed by atoms with Gasteiger partial charge in [0.15, 0.2) is 5.69 Å². The van der Waals surface area contributed by atoms with Crippen molar-refractivity contribution in [3.63, 3.8) is 0 Å². The average Bonchev–Trinajstić information content (AvgIpc) is 1.74. The Morgan fingerprint density at radius 2 is 0.988 bits per heavy atom. The summed E-state index contributed by atoms with van der Waals surface area (Å²) in [5.41, 5.74) is -6.57. The Bertz CT molecular complexity index is 3420. The van der Waals surface area contributed by atoms with Crippen LogP contribution >= 0.6 is 0 Å². The minimum Gasteiger partial charge on any atom is -0.465 e. The van der Waals surface area contributed by atoms with E-state index in [1.54, 1.807) is 30.3 Å². The molecule has 1 N–H and O–H groups in total. The van der Waals surface area contributed by atoms with Crippen molar-refractivity contribution in [2.24, 2.45) is 17.8 Å². The van der Waals surface area contributed by atoms with E-state index in [0.29, 0.717) is 127 Å². The molecule has 0 amide bonds. The number of amidine groups is 1. The van der Waals surface area contributed by atoms with Gasteiger partial charge in [-0.25, -0.2) is 9.97 Å². The van der Waals surface area contributed by atoms with Crippen LogP contribution in [0.15, 0.2) is 108 Å². The van der Waals surface area contributed by atoms with Gasteiger partial charge in [-0.15, -0.1) is 0 Å². The fourth-order valence-corrected chi connectivity index (χ4v) is 11.7. The second-order valence-corrected chi connectivity index (χ2v) is 22.1. The summed E-state index contributed by atoms with van der Waals surface area (Å²) >= 11 is 0. The van der Waals surface area contributed by atoms with E-state index < -0.39 is 96.1 Å². The van der Waals surface area contributed by atoms with Crippen LogP contribution in [0.25, 0.3) is 21.8 Å². The molecule has 0 spiro atoms. The minimum atomic E-state index is -5.22. The lowest BCUT2D eigenvalue weighted by Crippen LogP contribution is -2.34. The van der Waals surface area contributed by atoms with Crippen molar-refractivity contribution in [3.05, 3.63) is 154 Å². The second kappa shape index (κ2) is 25.5. The third-order valence-electron chi connectivity index (χ3n) is 15.9. The molecule has 25 heteroatoms. The predicted octanol–water partition coefficient (Wildman–Crippen LogP) is 17.4. The summed E-state index contributed by atoms with van der Waals surface area (Å²) < 4.78 is 222. The summed E-state index contributed by atoms with van der Waals surface area (Å²) in [7, 11) is 0. The van der Waals surface area contributed by atoms with Crippen molar-refractivity contribution in [3.8, 4) is 0 Å². The normalized spacial score (nSPS) is 16.3. The van der Waals surface area contributed by atoms with Gasteiger partial charge in [-0.3, -0.25) is 5.41 Å². The molecule has 3 aromatic heterocycles. The topological polar surface area (TPSA) is 97.9 Å². The van der Waals surface area contributed by atoms with Crippen LogP contribution in [-0.4, -0.2) is 58.7 Å². The first kappa shape index (κ1) is 63.0. The number of fused-ring (bicyclic) bond motifs is 2. The summed E-state index contributed by atoms with van der Waals surface area (Å²) in [6.45, 7) is 3.67. The number of anilines is 3. The zero-order chi connectivity index (χ0) is 61.9. The van der Waals surface area contributed by atoms with Crippen LogP contribution in [-0.2, 0) is 61.8 Å². The maximum Gasteiger partial charge on any atom is 0.436 e. The maximum atomic E-state index is 14.2. The monoisotopic (exact) mass is 1220 g/mol. The average molecular weight is 1220 g/mol. The van der Waals surface area contributed by atoms with Gasteiger partial charge in [0.1, 0.15) is 17.9 Å². The molecule has 7 aromatic rings. The molecule has 0 aliphatic heterocycles. The van der Waals surface area contributed by atoms with Gasteiger partial charge in [0.2, 0.25) is 0 Å². The summed E-state index contributed by atoms with van der Waals surface area (Å²) in [5, 5.41) is 10.6. The summed E-state index contributed by atoms with van der Waals surface area (Å²) in [6, 6.07) is 18.7. The van der Waals surface area contributed by atoms with Crippen molar-refractivity contribution in [1.82, 2.24) is 19.9 Å². The third kappa shape index (κ3) is 15.6. The zero-order valence-corrected chi connectivity index (χ0v) is 46.7. The molecule has 0 bridgehead atoms. The molecule has 0 radical (unpaired) electrons. The van der Waals surface area contributed by atoms with Crippen LogP contribution in [0.1, 0.15) is 115 Å². The predicted molar refractivity (Wildman–Crippen MR) is 294 cm³/mol. The lowest BCUT2D eigenvalue weighted by molar-refractivity contribution is -0.144. The maximum absolute atomic E-state index is 14.2. The molecule has 2 aliphatic carbocycles. The molecule has 2 aliphatic rings. The fourth-order valence-electron chi connectivity index (χ4n) is 11.7. The number of nitrogens with one attached hydrogen (secondary N) is 1. The summed E-state index contributed by atoms with van der Waals surface area (Å²) in [4.78, 5) is 19.9. The number of pyridine rings is 2. The number of hydrogen-bond acceptors (Lipinski definition) is 9. The largest absolute Gasteiger partial charge is 0.465 e. The van der Waals surface area contributed by atoms with Crippen LogP contribution in [0, 0.1) is 23.2 Å². The van der Waals surface area contributed by atoms with Gasteiger partial charge < -0.3 is 28.8 Å². The summed E-state index contributed by atoms with van der Waals surface area (Å²) in [6.07, 6.45) is -18.8. The number of halogens is 15. The molecule has 86 heavy (non-hydrogen) atoms. The first-order valence-electron chi connectivity index (χ1n) is 28.1. The highest BCUT2D eigenvalue weighted by molar-refractivity contribution is 5.83.